The molecule has 0 aromatic carbocycles. The van der Waals surface area contributed by atoms with Crippen LogP contribution in [0, 0.1) is 0 Å². The fourth-order valence-corrected chi connectivity index (χ4v) is 2.08. The Morgan fingerprint density at radius 1 is 1.23 bits per heavy atom. The molecule has 0 unspecified atom stereocenters. The lowest BCUT2D eigenvalue weighted by molar-refractivity contribution is 0.708. The monoisotopic (exact) mass is 196 g/mol. The maximum atomic E-state index is 6.12. The van der Waals surface area contributed by atoms with Crippen LogP contribution in [-0.4, -0.2) is 4.98 Å². The SMILES string of the molecule is Nc1cnc2c(c1Cl)CCCCC2. The molecule has 1 aliphatic rings. The summed E-state index contributed by atoms with van der Waals surface area (Å²) in [5.74, 6) is 0. The second-order valence-corrected chi connectivity index (χ2v) is 3.89. The van der Waals surface area contributed by atoms with Gasteiger partial charge in [0.05, 0.1) is 16.9 Å². The molecule has 0 fully saturated rings. The molecule has 0 amide bonds. The van der Waals surface area contributed by atoms with Gasteiger partial charge in [-0.15, -0.1) is 0 Å². The average Bonchev–Trinajstić information content (AvgIpc) is 2.36. The lowest BCUT2D eigenvalue weighted by Crippen LogP contribution is -1.99. The van der Waals surface area contributed by atoms with E-state index < -0.39 is 0 Å². The van der Waals surface area contributed by atoms with E-state index in [4.69, 9.17) is 17.3 Å². The number of hydrogen-bond donors (Lipinski definition) is 1. The van der Waals surface area contributed by atoms with Gasteiger partial charge in [0.2, 0.25) is 0 Å². The number of aryl methyl sites for hydroxylation is 1. The van der Waals surface area contributed by atoms with Crippen molar-refractivity contribution in [2.24, 2.45) is 0 Å². The molecule has 0 spiro atoms. The summed E-state index contributed by atoms with van der Waals surface area (Å²) in [6.45, 7) is 0. The van der Waals surface area contributed by atoms with Gasteiger partial charge in [-0.2, -0.15) is 0 Å². The fourth-order valence-electron chi connectivity index (χ4n) is 1.82. The summed E-state index contributed by atoms with van der Waals surface area (Å²) in [5.41, 5.74) is 8.64. The molecule has 1 aliphatic carbocycles. The molecule has 0 radical (unpaired) electrons. The molecule has 0 saturated carbocycles. The van der Waals surface area contributed by atoms with Crippen molar-refractivity contribution in [2.45, 2.75) is 32.1 Å². The highest BCUT2D eigenvalue weighted by Crippen LogP contribution is 2.29. The lowest BCUT2D eigenvalue weighted by atomic mass is 10.1. The summed E-state index contributed by atoms with van der Waals surface area (Å²) in [4.78, 5) is 4.33. The molecule has 2 N–H and O–H groups in total. The number of nitrogen functional groups attached to an aromatic ring is 1. The van der Waals surface area contributed by atoms with Crippen molar-refractivity contribution in [3.8, 4) is 0 Å². The molecule has 13 heavy (non-hydrogen) atoms. The van der Waals surface area contributed by atoms with Gasteiger partial charge in [-0.05, 0) is 31.2 Å². The van der Waals surface area contributed by atoms with E-state index in [0.717, 1.165) is 23.6 Å². The van der Waals surface area contributed by atoms with E-state index in [1.54, 1.807) is 6.20 Å². The number of anilines is 1. The molecule has 70 valence electrons. The molecule has 2 rings (SSSR count). The lowest BCUT2D eigenvalue weighted by Gasteiger charge is -2.08. The standard InChI is InChI=1S/C10H13ClN2/c11-10-7-4-2-1-3-5-9(7)13-6-8(10)12/h6H,1-5,12H2. The van der Waals surface area contributed by atoms with Gasteiger partial charge in [0.1, 0.15) is 0 Å². The van der Waals surface area contributed by atoms with Gasteiger partial charge in [-0.3, -0.25) is 4.98 Å². The van der Waals surface area contributed by atoms with Crippen molar-refractivity contribution in [2.75, 3.05) is 5.73 Å². The second-order valence-electron chi connectivity index (χ2n) is 3.51. The van der Waals surface area contributed by atoms with E-state index in [1.807, 2.05) is 0 Å². The topological polar surface area (TPSA) is 38.9 Å². The van der Waals surface area contributed by atoms with Crippen molar-refractivity contribution in [1.29, 1.82) is 0 Å². The smallest absolute Gasteiger partial charge is 0.0701 e. The third-order valence-corrected chi connectivity index (χ3v) is 3.01. The Labute approximate surface area is 83.1 Å². The van der Waals surface area contributed by atoms with Gasteiger partial charge in [-0.25, -0.2) is 0 Å². The van der Waals surface area contributed by atoms with Crippen molar-refractivity contribution in [3.05, 3.63) is 22.5 Å². The molecule has 0 saturated heterocycles. The number of nitrogens with zero attached hydrogens (tertiary/aromatic N) is 1. The van der Waals surface area contributed by atoms with Gasteiger partial charge in [0, 0.05) is 5.69 Å². The fraction of sp³-hybridized carbons (Fsp3) is 0.500. The molecule has 0 atom stereocenters. The Balaban J connectivity index is 2.48. The van der Waals surface area contributed by atoms with E-state index in [9.17, 15) is 0 Å². The van der Waals surface area contributed by atoms with Crippen molar-refractivity contribution in [3.63, 3.8) is 0 Å². The minimum atomic E-state index is 0.613. The van der Waals surface area contributed by atoms with E-state index >= 15 is 0 Å². The van der Waals surface area contributed by atoms with Crippen LogP contribution in [0.1, 0.15) is 30.5 Å². The summed E-state index contributed by atoms with van der Waals surface area (Å²) < 4.78 is 0. The Hall–Kier alpha value is -0.760. The summed E-state index contributed by atoms with van der Waals surface area (Å²) in [5, 5.41) is 0.729. The molecule has 1 aromatic heterocycles. The summed E-state index contributed by atoms with van der Waals surface area (Å²) in [6, 6.07) is 0. The quantitative estimate of drug-likeness (QED) is 0.648. The predicted octanol–water partition coefficient (Wildman–Crippen LogP) is 2.59. The first-order chi connectivity index (χ1) is 6.29. The van der Waals surface area contributed by atoms with Crippen molar-refractivity contribution in [1.82, 2.24) is 4.98 Å². The molecule has 1 heterocycles. The maximum Gasteiger partial charge on any atom is 0.0701 e. The minimum absolute atomic E-state index is 0.613. The number of halogens is 1. The number of hydrogen-bond acceptors (Lipinski definition) is 2. The minimum Gasteiger partial charge on any atom is -0.396 e. The van der Waals surface area contributed by atoms with Crippen LogP contribution < -0.4 is 5.73 Å². The van der Waals surface area contributed by atoms with Crippen molar-refractivity contribution < 1.29 is 0 Å². The third kappa shape index (κ3) is 1.63. The zero-order valence-corrected chi connectivity index (χ0v) is 8.27. The van der Waals surface area contributed by atoms with Gasteiger partial charge in [-0.1, -0.05) is 18.0 Å². The molecule has 0 bridgehead atoms. The third-order valence-electron chi connectivity index (χ3n) is 2.57. The number of nitrogens with two attached hydrogens (primary N) is 1. The van der Waals surface area contributed by atoms with Crippen LogP contribution >= 0.6 is 11.6 Å². The summed E-state index contributed by atoms with van der Waals surface area (Å²) in [6.07, 6.45) is 7.46. The zero-order chi connectivity index (χ0) is 9.26. The molecular weight excluding hydrogens is 184 g/mol. The Morgan fingerprint density at radius 2 is 2.00 bits per heavy atom. The Bertz CT molecular complexity index is 323. The van der Waals surface area contributed by atoms with Crippen LogP contribution in [0.3, 0.4) is 0 Å². The first-order valence-electron chi connectivity index (χ1n) is 4.71. The molecule has 3 heteroatoms. The van der Waals surface area contributed by atoms with Crippen LogP contribution in [0.4, 0.5) is 5.69 Å². The van der Waals surface area contributed by atoms with E-state index in [-0.39, 0.29) is 0 Å². The second kappa shape index (κ2) is 3.54. The van der Waals surface area contributed by atoms with Gasteiger partial charge in [0.15, 0.2) is 0 Å². The van der Waals surface area contributed by atoms with E-state index in [1.165, 1.54) is 24.8 Å². The normalized spacial score (nSPS) is 16.4. The van der Waals surface area contributed by atoms with Crippen LogP contribution in [0.5, 0.6) is 0 Å². The Morgan fingerprint density at radius 3 is 2.85 bits per heavy atom. The summed E-state index contributed by atoms with van der Waals surface area (Å²) >= 11 is 6.12. The highest BCUT2D eigenvalue weighted by Gasteiger charge is 2.13. The van der Waals surface area contributed by atoms with E-state index in [2.05, 4.69) is 4.98 Å². The highest BCUT2D eigenvalue weighted by molar-refractivity contribution is 6.33. The largest absolute Gasteiger partial charge is 0.396 e. The van der Waals surface area contributed by atoms with Gasteiger partial charge < -0.3 is 5.73 Å². The predicted molar refractivity (Wildman–Crippen MR) is 54.9 cm³/mol. The molecule has 0 aliphatic heterocycles. The molecule has 1 aromatic rings. The van der Waals surface area contributed by atoms with Crippen LogP contribution in [0.25, 0.3) is 0 Å². The van der Waals surface area contributed by atoms with Crippen LogP contribution in [0.2, 0.25) is 5.02 Å². The Kier molecular flexibility index (Phi) is 2.40. The average molecular weight is 197 g/mol. The molecule has 2 nitrogen and oxygen atoms in total. The highest BCUT2D eigenvalue weighted by atomic mass is 35.5. The first kappa shape index (κ1) is 8.82. The first-order valence-corrected chi connectivity index (χ1v) is 5.08. The molecular formula is C10H13ClN2. The zero-order valence-electron chi connectivity index (χ0n) is 7.52. The number of aromatic nitrogens is 1. The van der Waals surface area contributed by atoms with Gasteiger partial charge >= 0.3 is 0 Å². The maximum absolute atomic E-state index is 6.12. The van der Waals surface area contributed by atoms with Crippen LogP contribution in [-0.2, 0) is 12.8 Å². The van der Waals surface area contributed by atoms with Crippen molar-refractivity contribution >= 4 is 17.3 Å². The van der Waals surface area contributed by atoms with Gasteiger partial charge in [0.25, 0.3) is 0 Å². The number of rotatable bonds is 0. The van der Waals surface area contributed by atoms with Crippen LogP contribution in [0.15, 0.2) is 6.20 Å². The summed E-state index contributed by atoms with van der Waals surface area (Å²) in [7, 11) is 0. The number of fused-ring (bicyclic) bond motifs is 1. The van der Waals surface area contributed by atoms with E-state index in [0.29, 0.717) is 5.69 Å². The number of pyridine rings is 1.